The van der Waals surface area contributed by atoms with Gasteiger partial charge in [-0.25, -0.2) is 8.78 Å². The number of nitrogens with two attached hydrogens (primary N) is 1. The molecular weight excluding hydrogens is 222 g/mol. The monoisotopic (exact) mass is 240 g/mol. The van der Waals surface area contributed by atoms with Crippen molar-refractivity contribution in [2.24, 2.45) is 17.7 Å². The van der Waals surface area contributed by atoms with Gasteiger partial charge in [-0.15, -0.1) is 0 Å². The van der Waals surface area contributed by atoms with Crippen LogP contribution in [0.5, 0.6) is 0 Å². The minimum Gasteiger partial charge on any atom is -0.271 e. The van der Waals surface area contributed by atoms with Crippen LogP contribution in [0.4, 0.5) is 8.78 Å². The van der Waals surface area contributed by atoms with Crippen LogP contribution in [0.25, 0.3) is 0 Å². The molecule has 0 amide bonds. The van der Waals surface area contributed by atoms with Gasteiger partial charge in [0.15, 0.2) is 0 Å². The molecule has 1 aromatic carbocycles. The zero-order chi connectivity index (χ0) is 12.4. The molecular formula is C13H18F2N2. The summed E-state index contributed by atoms with van der Waals surface area (Å²) in [6.07, 6.45) is 3.16. The predicted molar refractivity (Wildman–Crippen MR) is 62.9 cm³/mol. The van der Waals surface area contributed by atoms with Gasteiger partial charge >= 0.3 is 0 Å². The molecule has 4 heteroatoms. The molecule has 1 aliphatic carbocycles. The van der Waals surface area contributed by atoms with Crippen molar-refractivity contribution in [1.29, 1.82) is 0 Å². The van der Waals surface area contributed by atoms with E-state index >= 15 is 0 Å². The van der Waals surface area contributed by atoms with Crippen molar-refractivity contribution in [3.63, 3.8) is 0 Å². The molecule has 94 valence electrons. The van der Waals surface area contributed by atoms with E-state index in [-0.39, 0.29) is 11.5 Å². The highest BCUT2D eigenvalue weighted by molar-refractivity contribution is 5.24. The van der Waals surface area contributed by atoms with Crippen LogP contribution < -0.4 is 11.3 Å². The van der Waals surface area contributed by atoms with Crippen LogP contribution in [0, 0.1) is 23.5 Å². The zero-order valence-corrected chi connectivity index (χ0v) is 9.92. The van der Waals surface area contributed by atoms with Crippen LogP contribution in [0.3, 0.4) is 0 Å². The van der Waals surface area contributed by atoms with Crippen LogP contribution in [0.15, 0.2) is 18.2 Å². The molecule has 1 aliphatic rings. The number of nitrogens with one attached hydrogen (secondary N) is 1. The van der Waals surface area contributed by atoms with Crippen LogP contribution in [0.2, 0.25) is 0 Å². The SMILES string of the molecule is CC1CCCC1C(NN)c1c(F)cccc1F. The van der Waals surface area contributed by atoms with E-state index in [1.165, 1.54) is 18.2 Å². The van der Waals surface area contributed by atoms with Crippen molar-refractivity contribution in [2.75, 3.05) is 0 Å². The maximum atomic E-state index is 13.7. The van der Waals surface area contributed by atoms with Crippen molar-refractivity contribution >= 4 is 0 Å². The number of rotatable bonds is 3. The topological polar surface area (TPSA) is 38.0 Å². The van der Waals surface area contributed by atoms with Gasteiger partial charge in [-0.05, 0) is 30.4 Å². The standard InChI is InChI=1S/C13H18F2N2/c1-8-4-2-5-9(8)13(17-16)12-10(14)6-3-7-11(12)15/h3,6-9,13,17H,2,4-5,16H2,1H3. The largest absolute Gasteiger partial charge is 0.271 e. The first-order valence-electron chi connectivity index (χ1n) is 6.05. The summed E-state index contributed by atoms with van der Waals surface area (Å²) in [4.78, 5) is 0. The summed E-state index contributed by atoms with van der Waals surface area (Å²) in [7, 11) is 0. The number of hydrazine groups is 1. The lowest BCUT2D eigenvalue weighted by Gasteiger charge is -2.27. The first-order chi connectivity index (χ1) is 8.15. The van der Waals surface area contributed by atoms with E-state index in [1.54, 1.807) is 0 Å². The second-order valence-electron chi connectivity index (χ2n) is 4.85. The molecule has 0 spiro atoms. The quantitative estimate of drug-likeness (QED) is 0.629. The van der Waals surface area contributed by atoms with Gasteiger partial charge in [-0.3, -0.25) is 11.3 Å². The van der Waals surface area contributed by atoms with Crippen molar-refractivity contribution in [1.82, 2.24) is 5.43 Å². The van der Waals surface area contributed by atoms with Crippen LogP contribution in [-0.2, 0) is 0 Å². The molecule has 17 heavy (non-hydrogen) atoms. The first kappa shape index (κ1) is 12.5. The molecule has 0 bridgehead atoms. The van der Waals surface area contributed by atoms with Gasteiger partial charge in [0.25, 0.3) is 0 Å². The normalized spacial score (nSPS) is 26.1. The fourth-order valence-electron chi connectivity index (χ4n) is 2.90. The second kappa shape index (κ2) is 5.10. The van der Waals surface area contributed by atoms with Gasteiger partial charge < -0.3 is 0 Å². The second-order valence-corrected chi connectivity index (χ2v) is 4.85. The predicted octanol–water partition coefficient (Wildman–Crippen LogP) is 2.91. The lowest BCUT2D eigenvalue weighted by Crippen LogP contribution is -2.35. The average molecular weight is 240 g/mol. The molecule has 1 aromatic rings. The molecule has 0 aliphatic heterocycles. The maximum Gasteiger partial charge on any atom is 0.130 e. The van der Waals surface area contributed by atoms with Gasteiger partial charge in [-0.1, -0.05) is 25.8 Å². The van der Waals surface area contributed by atoms with Crippen LogP contribution >= 0.6 is 0 Å². The van der Waals surface area contributed by atoms with E-state index in [0.717, 1.165) is 19.3 Å². The van der Waals surface area contributed by atoms with Crippen LogP contribution in [-0.4, -0.2) is 0 Å². The zero-order valence-electron chi connectivity index (χ0n) is 9.92. The fraction of sp³-hybridized carbons (Fsp3) is 0.538. The number of halogens is 2. The van der Waals surface area contributed by atoms with Gasteiger partial charge in [0.05, 0.1) is 6.04 Å². The Morgan fingerprint density at radius 3 is 2.41 bits per heavy atom. The van der Waals surface area contributed by atoms with Gasteiger partial charge in [0.2, 0.25) is 0 Å². The highest BCUT2D eigenvalue weighted by atomic mass is 19.1. The lowest BCUT2D eigenvalue weighted by atomic mass is 9.86. The van der Waals surface area contributed by atoms with E-state index in [4.69, 9.17) is 5.84 Å². The molecule has 0 saturated heterocycles. The van der Waals surface area contributed by atoms with Gasteiger partial charge in [-0.2, -0.15) is 0 Å². The Morgan fingerprint density at radius 2 is 1.94 bits per heavy atom. The van der Waals surface area contributed by atoms with Gasteiger partial charge in [0.1, 0.15) is 11.6 Å². The lowest BCUT2D eigenvalue weighted by molar-refractivity contribution is 0.290. The summed E-state index contributed by atoms with van der Waals surface area (Å²) in [6, 6.07) is 3.50. The maximum absolute atomic E-state index is 13.7. The van der Waals surface area contributed by atoms with Crippen molar-refractivity contribution in [3.8, 4) is 0 Å². The van der Waals surface area contributed by atoms with E-state index < -0.39 is 17.7 Å². The smallest absolute Gasteiger partial charge is 0.130 e. The third kappa shape index (κ3) is 2.33. The molecule has 1 fully saturated rings. The number of hydrogen-bond donors (Lipinski definition) is 2. The highest BCUT2D eigenvalue weighted by Crippen LogP contribution is 2.40. The average Bonchev–Trinajstić information content (AvgIpc) is 2.70. The molecule has 2 nitrogen and oxygen atoms in total. The Morgan fingerprint density at radius 1 is 1.29 bits per heavy atom. The number of benzene rings is 1. The van der Waals surface area contributed by atoms with E-state index in [1.807, 2.05) is 0 Å². The molecule has 0 heterocycles. The summed E-state index contributed by atoms with van der Waals surface area (Å²) in [5, 5.41) is 0. The summed E-state index contributed by atoms with van der Waals surface area (Å²) < 4.78 is 27.5. The Balaban J connectivity index is 2.35. The summed E-state index contributed by atoms with van der Waals surface area (Å²) in [6.45, 7) is 2.11. The Labute approximate surface area is 100 Å². The summed E-state index contributed by atoms with van der Waals surface area (Å²) in [5.41, 5.74) is 2.67. The molecule has 3 unspecified atom stereocenters. The van der Waals surface area contributed by atoms with E-state index in [0.29, 0.717) is 5.92 Å². The minimum absolute atomic E-state index is 0.0775. The van der Waals surface area contributed by atoms with Crippen molar-refractivity contribution < 1.29 is 8.78 Å². The Bertz CT molecular complexity index is 375. The summed E-state index contributed by atoms with van der Waals surface area (Å²) >= 11 is 0. The third-order valence-corrected chi connectivity index (χ3v) is 3.85. The Kier molecular flexibility index (Phi) is 3.74. The summed E-state index contributed by atoms with van der Waals surface area (Å²) in [5.74, 6) is 5.10. The Hall–Kier alpha value is -1.00. The molecule has 3 atom stereocenters. The molecule has 2 rings (SSSR count). The van der Waals surface area contributed by atoms with Crippen molar-refractivity contribution in [3.05, 3.63) is 35.4 Å². The van der Waals surface area contributed by atoms with E-state index in [9.17, 15) is 8.78 Å². The van der Waals surface area contributed by atoms with Crippen molar-refractivity contribution in [2.45, 2.75) is 32.2 Å². The number of hydrogen-bond acceptors (Lipinski definition) is 2. The highest BCUT2D eigenvalue weighted by Gasteiger charge is 2.34. The van der Waals surface area contributed by atoms with Crippen LogP contribution in [0.1, 0.15) is 37.8 Å². The molecule has 3 N–H and O–H groups in total. The van der Waals surface area contributed by atoms with E-state index in [2.05, 4.69) is 12.3 Å². The first-order valence-corrected chi connectivity index (χ1v) is 6.05. The minimum atomic E-state index is -0.521. The molecule has 0 aromatic heterocycles. The molecule has 0 radical (unpaired) electrons. The fourth-order valence-corrected chi connectivity index (χ4v) is 2.90. The molecule has 1 saturated carbocycles. The third-order valence-electron chi connectivity index (χ3n) is 3.85. The van der Waals surface area contributed by atoms with Gasteiger partial charge in [0, 0.05) is 5.56 Å².